The SMILES string of the molecule is CNc1ccc(S(=O)(=O)NC2(C)CCCOC2)cn1. The summed E-state index contributed by atoms with van der Waals surface area (Å²) in [5, 5.41) is 2.85. The number of sulfonamides is 1. The molecule has 1 aliphatic rings. The van der Waals surface area contributed by atoms with Crippen molar-refractivity contribution < 1.29 is 13.2 Å². The number of hydrogen-bond acceptors (Lipinski definition) is 5. The van der Waals surface area contributed by atoms with Gasteiger partial charge in [0.05, 0.1) is 12.1 Å². The van der Waals surface area contributed by atoms with E-state index in [4.69, 9.17) is 4.74 Å². The topological polar surface area (TPSA) is 80.3 Å². The average Bonchev–Trinajstić information content (AvgIpc) is 2.38. The van der Waals surface area contributed by atoms with E-state index in [0.717, 1.165) is 12.8 Å². The molecule has 0 amide bonds. The molecule has 0 saturated carbocycles. The highest BCUT2D eigenvalue weighted by Gasteiger charge is 2.32. The first kappa shape index (κ1) is 14.2. The van der Waals surface area contributed by atoms with Crippen LogP contribution in [-0.4, -0.2) is 39.2 Å². The van der Waals surface area contributed by atoms with Gasteiger partial charge >= 0.3 is 0 Å². The third-order valence-electron chi connectivity index (χ3n) is 3.12. The van der Waals surface area contributed by atoms with Gasteiger partial charge in [-0.25, -0.2) is 18.1 Å². The molecule has 1 fully saturated rings. The Bertz CT molecular complexity index is 522. The Morgan fingerprint density at radius 1 is 1.42 bits per heavy atom. The van der Waals surface area contributed by atoms with Gasteiger partial charge in [0.25, 0.3) is 0 Å². The van der Waals surface area contributed by atoms with Crippen molar-refractivity contribution in [3.05, 3.63) is 18.3 Å². The molecular formula is C12H19N3O3S. The monoisotopic (exact) mass is 285 g/mol. The average molecular weight is 285 g/mol. The molecule has 6 nitrogen and oxygen atoms in total. The number of ether oxygens (including phenoxy) is 1. The van der Waals surface area contributed by atoms with Crippen LogP contribution in [0.2, 0.25) is 0 Å². The van der Waals surface area contributed by atoms with E-state index in [0.29, 0.717) is 19.0 Å². The summed E-state index contributed by atoms with van der Waals surface area (Å²) in [6.07, 6.45) is 2.98. The minimum Gasteiger partial charge on any atom is -0.380 e. The first-order valence-corrected chi connectivity index (χ1v) is 7.69. The van der Waals surface area contributed by atoms with Crippen molar-refractivity contribution in [2.24, 2.45) is 0 Å². The summed E-state index contributed by atoms with van der Waals surface area (Å²) in [5.41, 5.74) is -0.543. The highest BCUT2D eigenvalue weighted by molar-refractivity contribution is 7.89. The lowest BCUT2D eigenvalue weighted by atomic mass is 9.97. The number of aromatic nitrogens is 1. The molecule has 1 saturated heterocycles. The smallest absolute Gasteiger partial charge is 0.242 e. The zero-order chi connectivity index (χ0) is 13.9. The summed E-state index contributed by atoms with van der Waals surface area (Å²) in [4.78, 5) is 4.18. The van der Waals surface area contributed by atoms with E-state index in [1.165, 1.54) is 12.3 Å². The fourth-order valence-electron chi connectivity index (χ4n) is 2.08. The van der Waals surface area contributed by atoms with Crippen LogP contribution in [0.15, 0.2) is 23.2 Å². The number of rotatable bonds is 4. The van der Waals surface area contributed by atoms with Crippen LogP contribution in [0, 0.1) is 0 Å². The lowest BCUT2D eigenvalue weighted by Crippen LogP contribution is -2.51. The molecule has 2 heterocycles. The minimum absolute atomic E-state index is 0.165. The van der Waals surface area contributed by atoms with Crippen LogP contribution < -0.4 is 10.0 Å². The summed E-state index contributed by atoms with van der Waals surface area (Å²) in [6, 6.07) is 3.17. The molecule has 0 aliphatic carbocycles. The fourth-order valence-corrected chi connectivity index (χ4v) is 3.45. The molecule has 1 atom stereocenters. The highest BCUT2D eigenvalue weighted by Crippen LogP contribution is 2.21. The Labute approximate surface area is 113 Å². The summed E-state index contributed by atoms with van der Waals surface area (Å²) in [7, 11) is -1.83. The van der Waals surface area contributed by atoms with E-state index >= 15 is 0 Å². The van der Waals surface area contributed by atoms with Crippen LogP contribution in [-0.2, 0) is 14.8 Å². The molecular weight excluding hydrogens is 266 g/mol. The Kier molecular flexibility index (Phi) is 4.07. The van der Waals surface area contributed by atoms with Crippen LogP contribution in [0.3, 0.4) is 0 Å². The van der Waals surface area contributed by atoms with Crippen molar-refractivity contribution in [3.63, 3.8) is 0 Å². The van der Waals surface area contributed by atoms with Crippen LogP contribution >= 0.6 is 0 Å². The third kappa shape index (κ3) is 3.43. The fraction of sp³-hybridized carbons (Fsp3) is 0.583. The molecule has 0 radical (unpaired) electrons. The third-order valence-corrected chi connectivity index (χ3v) is 4.75. The Hall–Kier alpha value is -1.18. The van der Waals surface area contributed by atoms with Crippen molar-refractivity contribution >= 4 is 15.8 Å². The van der Waals surface area contributed by atoms with Crippen molar-refractivity contribution in [3.8, 4) is 0 Å². The molecule has 1 unspecified atom stereocenters. The summed E-state index contributed by atoms with van der Waals surface area (Å²) >= 11 is 0. The van der Waals surface area contributed by atoms with Crippen molar-refractivity contribution in [2.45, 2.75) is 30.2 Å². The van der Waals surface area contributed by atoms with Crippen LogP contribution in [0.1, 0.15) is 19.8 Å². The largest absolute Gasteiger partial charge is 0.380 e. The lowest BCUT2D eigenvalue weighted by molar-refractivity contribution is 0.0386. The molecule has 2 N–H and O–H groups in total. The van der Waals surface area contributed by atoms with Crippen LogP contribution in [0.25, 0.3) is 0 Å². The summed E-state index contributed by atoms with van der Waals surface area (Å²) in [6.45, 7) is 2.95. The number of pyridine rings is 1. The van der Waals surface area contributed by atoms with Gasteiger partial charge < -0.3 is 10.1 Å². The van der Waals surface area contributed by atoms with Crippen molar-refractivity contribution in [1.29, 1.82) is 0 Å². The minimum atomic E-state index is -3.56. The van der Waals surface area contributed by atoms with E-state index in [9.17, 15) is 8.42 Å². The second-order valence-electron chi connectivity index (χ2n) is 4.95. The standard InChI is InChI=1S/C12H19N3O3S/c1-12(6-3-7-18-9-12)15-19(16,17)10-4-5-11(13-2)14-8-10/h4-5,8,15H,3,6-7,9H2,1-2H3,(H,13,14). The highest BCUT2D eigenvalue weighted by atomic mass is 32.2. The molecule has 106 valence electrons. The van der Waals surface area contributed by atoms with E-state index < -0.39 is 15.6 Å². The molecule has 0 spiro atoms. The normalized spacial score (nSPS) is 24.1. The number of nitrogens with zero attached hydrogens (tertiary/aromatic N) is 1. The van der Waals surface area contributed by atoms with Gasteiger partial charge in [-0.15, -0.1) is 0 Å². The van der Waals surface area contributed by atoms with Crippen molar-refractivity contribution in [1.82, 2.24) is 9.71 Å². The molecule has 1 aliphatic heterocycles. The first-order chi connectivity index (χ1) is 8.95. The maximum atomic E-state index is 12.3. The maximum absolute atomic E-state index is 12.3. The Balaban J connectivity index is 2.17. The summed E-state index contributed by atoms with van der Waals surface area (Å²) in [5.74, 6) is 0.631. The molecule has 7 heteroatoms. The van der Waals surface area contributed by atoms with Crippen molar-refractivity contribution in [2.75, 3.05) is 25.6 Å². The molecule has 0 bridgehead atoms. The second-order valence-corrected chi connectivity index (χ2v) is 6.63. The zero-order valence-corrected chi connectivity index (χ0v) is 12.0. The molecule has 2 rings (SSSR count). The molecule has 19 heavy (non-hydrogen) atoms. The van der Waals surface area contributed by atoms with Gasteiger partial charge in [0.15, 0.2) is 0 Å². The van der Waals surface area contributed by atoms with E-state index in [-0.39, 0.29) is 4.90 Å². The van der Waals surface area contributed by atoms with Gasteiger partial charge in [0, 0.05) is 19.9 Å². The van der Waals surface area contributed by atoms with Crippen LogP contribution in [0.4, 0.5) is 5.82 Å². The predicted octanol–water partition coefficient (Wildman–Crippen LogP) is 0.971. The van der Waals surface area contributed by atoms with Gasteiger partial charge in [-0.3, -0.25) is 0 Å². The number of anilines is 1. The van der Waals surface area contributed by atoms with Gasteiger partial charge in [-0.1, -0.05) is 0 Å². The Morgan fingerprint density at radius 3 is 2.74 bits per heavy atom. The van der Waals surface area contributed by atoms with Gasteiger partial charge in [-0.05, 0) is 31.9 Å². The zero-order valence-electron chi connectivity index (χ0n) is 11.1. The van der Waals surface area contributed by atoms with Gasteiger partial charge in [-0.2, -0.15) is 0 Å². The predicted molar refractivity (Wildman–Crippen MR) is 72.6 cm³/mol. The van der Waals surface area contributed by atoms with E-state index in [2.05, 4.69) is 15.0 Å². The molecule has 1 aromatic rings. The van der Waals surface area contributed by atoms with E-state index in [1.54, 1.807) is 13.1 Å². The quantitative estimate of drug-likeness (QED) is 0.861. The molecule has 1 aromatic heterocycles. The Morgan fingerprint density at radius 2 is 2.21 bits per heavy atom. The second kappa shape index (κ2) is 5.44. The number of hydrogen-bond donors (Lipinski definition) is 2. The lowest BCUT2D eigenvalue weighted by Gasteiger charge is -2.33. The number of nitrogens with one attached hydrogen (secondary N) is 2. The first-order valence-electron chi connectivity index (χ1n) is 6.21. The van der Waals surface area contributed by atoms with Gasteiger partial charge in [0.1, 0.15) is 10.7 Å². The van der Waals surface area contributed by atoms with Crippen LogP contribution in [0.5, 0.6) is 0 Å². The maximum Gasteiger partial charge on any atom is 0.242 e. The summed E-state index contributed by atoms with van der Waals surface area (Å²) < 4.78 is 32.6. The molecule has 0 aromatic carbocycles. The van der Waals surface area contributed by atoms with E-state index in [1.807, 2.05) is 6.92 Å². The van der Waals surface area contributed by atoms with Gasteiger partial charge in [0.2, 0.25) is 10.0 Å².